The van der Waals surface area contributed by atoms with Crippen LogP contribution in [-0.2, 0) is 9.47 Å². The third-order valence-electron chi connectivity index (χ3n) is 5.16. The summed E-state index contributed by atoms with van der Waals surface area (Å²) in [6, 6.07) is 17.8. The number of benzene rings is 2. The summed E-state index contributed by atoms with van der Waals surface area (Å²) in [7, 11) is 2.63. The van der Waals surface area contributed by atoms with Crippen LogP contribution in [0.4, 0.5) is 0 Å². The predicted molar refractivity (Wildman–Crippen MR) is 104 cm³/mol. The highest BCUT2D eigenvalue weighted by molar-refractivity contribution is 6.27. The van der Waals surface area contributed by atoms with E-state index in [1.807, 2.05) is 59.0 Å². The average molecular weight is 357 g/mol. The van der Waals surface area contributed by atoms with Crippen LogP contribution in [-0.4, -0.2) is 30.6 Å². The molecular formula is C22H15NO4. The van der Waals surface area contributed by atoms with Gasteiger partial charge in [0.2, 0.25) is 0 Å². The summed E-state index contributed by atoms with van der Waals surface area (Å²) in [5, 5.41) is 3.96. The Kier molecular flexibility index (Phi) is 3.15. The molecule has 0 unspecified atom stereocenters. The summed E-state index contributed by atoms with van der Waals surface area (Å²) in [4.78, 5) is 25.3. The van der Waals surface area contributed by atoms with Gasteiger partial charge in [-0.15, -0.1) is 0 Å². The number of nitrogens with zero attached hydrogens (tertiary/aromatic N) is 1. The molecule has 5 aromatic rings. The van der Waals surface area contributed by atoms with E-state index in [1.165, 1.54) is 14.2 Å². The molecule has 0 amide bonds. The second kappa shape index (κ2) is 5.45. The molecule has 0 fully saturated rings. The number of pyridine rings is 1. The van der Waals surface area contributed by atoms with Gasteiger partial charge in [-0.05, 0) is 11.5 Å². The molecule has 0 saturated carbocycles. The fraction of sp³-hybridized carbons (Fsp3) is 0.0909. The number of hydrogen-bond acceptors (Lipinski definition) is 4. The first-order valence-electron chi connectivity index (χ1n) is 8.54. The van der Waals surface area contributed by atoms with E-state index in [4.69, 9.17) is 9.47 Å². The fourth-order valence-electron chi connectivity index (χ4n) is 4.09. The maximum atomic E-state index is 12.7. The number of methoxy groups -OCH3 is 2. The Morgan fingerprint density at radius 2 is 1.30 bits per heavy atom. The molecule has 3 heterocycles. The summed E-state index contributed by atoms with van der Waals surface area (Å²) < 4.78 is 12.0. The predicted octanol–water partition coefficient (Wildman–Crippen LogP) is 4.41. The highest BCUT2D eigenvalue weighted by Crippen LogP contribution is 2.41. The molecule has 0 N–H and O–H groups in total. The summed E-state index contributed by atoms with van der Waals surface area (Å²) >= 11 is 0. The van der Waals surface area contributed by atoms with Gasteiger partial charge in [0.15, 0.2) is 0 Å². The second-order valence-electron chi connectivity index (χ2n) is 6.43. The first kappa shape index (κ1) is 15.6. The van der Waals surface area contributed by atoms with Gasteiger partial charge in [-0.1, -0.05) is 48.5 Å². The van der Waals surface area contributed by atoms with Gasteiger partial charge in [0.25, 0.3) is 0 Å². The maximum absolute atomic E-state index is 12.7. The van der Waals surface area contributed by atoms with Crippen molar-refractivity contribution in [2.24, 2.45) is 0 Å². The van der Waals surface area contributed by atoms with Crippen molar-refractivity contribution in [3.05, 3.63) is 65.7 Å². The molecule has 0 spiro atoms. The first-order valence-corrected chi connectivity index (χ1v) is 8.54. The number of fused-ring (bicyclic) bond motifs is 5. The van der Waals surface area contributed by atoms with Crippen molar-refractivity contribution in [1.82, 2.24) is 4.40 Å². The number of hydrogen-bond donors (Lipinski definition) is 0. The average Bonchev–Trinajstić information content (AvgIpc) is 3.23. The minimum atomic E-state index is -0.556. The van der Waals surface area contributed by atoms with Crippen LogP contribution in [0, 0.1) is 0 Å². The van der Waals surface area contributed by atoms with Crippen LogP contribution in [0.5, 0.6) is 0 Å². The van der Waals surface area contributed by atoms with Gasteiger partial charge in [-0.3, -0.25) is 0 Å². The minimum Gasteiger partial charge on any atom is -0.465 e. The molecule has 132 valence electrons. The Balaban J connectivity index is 2.18. The third kappa shape index (κ3) is 1.88. The molecule has 0 aliphatic carbocycles. The van der Waals surface area contributed by atoms with Gasteiger partial charge in [-0.25, -0.2) is 9.59 Å². The number of rotatable bonds is 2. The number of ether oxygens (including phenoxy) is 2. The van der Waals surface area contributed by atoms with Crippen LogP contribution in [0.15, 0.2) is 54.6 Å². The molecule has 0 radical (unpaired) electrons. The van der Waals surface area contributed by atoms with E-state index < -0.39 is 11.9 Å². The topological polar surface area (TPSA) is 57.0 Å². The molecule has 0 saturated heterocycles. The molecule has 3 aromatic heterocycles. The number of esters is 2. The highest BCUT2D eigenvalue weighted by Gasteiger charge is 2.31. The Morgan fingerprint density at radius 1 is 0.741 bits per heavy atom. The van der Waals surface area contributed by atoms with E-state index >= 15 is 0 Å². The van der Waals surface area contributed by atoms with Crippen molar-refractivity contribution in [3.63, 3.8) is 0 Å². The van der Waals surface area contributed by atoms with Crippen molar-refractivity contribution < 1.29 is 19.1 Å². The number of carbonyl (C=O) groups is 2. The molecule has 27 heavy (non-hydrogen) atoms. The standard InChI is InChI=1S/C22H15NO4/c1-26-21(24)17-16-11-12-7-3-4-8-13(12)19-14-9-5-6-10-15(14)20(23(16)19)18(17)22(25)27-2/h3-11H,1-2H3. The molecule has 0 bridgehead atoms. The molecule has 2 aromatic carbocycles. The lowest BCUT2D eigenvalue weighted by Gasteiger charge is -2.06. The zero-order chi connectivity index (χ0) is 18.7. The van der Waals surface area contributed by atoms with Crippen LogP contribution in [0.2, 0.25) is 0 Å². The zero-order valence-electron chi connectivity index (χ0n) is 14.8. The van der Waals surface area contributed by atoms with Crippen LogP contribution >= 0.6 is 0 Å². The SMILES string of the molecule is COC(=O)c1c(C(=O)OC)c2c3ccccc3c3c4ccccc4cc1n23. The van der Waals surface area contributed by atoms with Crippen LogP contribution in [0.25, 0.3) is 38.1 Å². The van der Waals surface area contributed by atoms with E-state index in [0.29, 0.717) is 11.0 Å². The molecular weight excluding hydrogens is 342 g/mol. The summed E-state index contributed by atoms with van der Waals surface area (Å²) in [6.07, 6.45) is 0. The molecule has 0 aliphatic rings. The normalized spacial score (nSPS) is 11.6. The van der Waals surface area contributed by atoms with Crippen LogP contribution < -0.4 is 0 Å². The van der Waals surface area contributed by atoms with Gasteiger partial charge in [-0.2, -0.15) is 0 Å². The summed E-state index contributed by atoms with van der Waals surface area (Å²) in [5.74, 6) is -1.11. The van der Waals surface area contributed by atoms with Crippen LogP contribution in [0.3, 0.4) is 0 Å². The van der Waals surface area contributed by atoms with Crippen LogP contribution in [0.1, 0.15) is 20.7 Å². The number of carbonyl (C=O) groups excluding carboxylic acids is 2. The lowest BCUT2D eigenvalue weighted by Crippen LogP contribution is -2.10. The van der Waals surface area contributed by atoms with Gasteiger partial charge in [0, 0.05) is 16.2 Å². The maximum Gasteiger partial charge on any atom is 0.340 e. The zero-order valence-corrected chi connectivity index (χ0v) is 14.8. The van der Waals surface area contributed by atoms with Crippen molar-refractivity contribution in [1.29, 1.82) is 0 Å². The van der Waals surface area contributed by atoms with Crippen molar-refractivity contribution >= 4 is 50.0 Å². The summed E-state index contributed by atoms with van der Waals surface area (Å²) in [5.41, 5.74) is 2.76. The largest absolute Gasteiger partial charge is 0.465 e. The quantitative estimate of drug-likeness (QED) is 0.439. The molecule has 0 atom stereocenters. The molecule has 0 aliphatic heterocycles. The Morgan fingerprint density at radius 3 is 1.96 bits per heavy atom. The molecule has 5 nitrogen and oxygen atoms in total. The van der Waals surface area contributed by atoms with Gasteiger partial charge in [0.05, 0.1) is 30.8 Å². The Labute approximate surface area is 154 Å². The highest BCUT2D eigenvalue weighted by atomic mass is 16.5. The van der Waals surface area contributed by atoms with E-state index in [2.05, 4.69) is 0 Å². The van der Waals surface area contributed by atoms with Gasteiger partial charge in [0.1, 0.15) is 11.1 Å². The second-order valence-corrected chi connectivity index (χ2v) is 6.43. The van der Waals surface area contributed by atoms with E-state index in [1.54, 1.807) is 0 Å². The minimum absolute atomic E-state index is 0.237. The first-order chi connectivity index (χ1) is 13.2. The molecule has 5 heteroatoms. The molecule has 5 rings (SSSR count). The van der Waals surface area contributed by atoms with E-state index in [0.717, 1.165) is 27.1 Å². The number of aromatic nitrogens is 1. The van der Waals surface area contributed by atoms with E-state index in [-0.39, 0.29) is 11.1 Å². The third-order valence-corrected chi connectivity index (χ3v) is 5.16. The van der Waals surface area contributed by atoms with E-state index in [9.17, 15) is 9.59 Å². The van der Waals surface area contributed by atoms with Crippen molar-refractivity contribution in [3.8, 4) is 0 Å². The van der Waals surface area contributed by atoms with Gasteiger partial charge < -0.3 is 13.9 Å². The summed E-state index contributed by atoms with van der Waals surface area (Å²) in [6.45, 7) is 0. The van der Waals surface area contributed by atoms with Crippen molar-refractivity contribution in [2.45, 2.75) is 0 Å². The lowest BCUT2D eigenvalue weighted by atomic mass is 10.0. The van der Waals surface area contributed by atoms with Gasteiger partial charge >= 0.3 is 11.9 Å². The Hall–Kier alpha value is -3.60. The van der Waals surface area contributed by atoms with Crippen molar-refractivity contribution in [2.75, 3.05) is 14.2 Å². The Bertz CT molecular complexity index is 1380. The fourth-order valence-corrected chi connectivity index (χ4v) is 4.09. The smallest absolute Gasteiger partial charge is 0.340 e. The monoisotopic (exact) mass is 357 g/mol. The lowest BCUT2D eigenvalue weighted by molar-refractivity contribution is 0.0559.